The molecule has 3 heterocycles. The van der Waals surface area contributed by atoms with Crippen molar-refractivity contribution >= 4 is 23.7 Å². The zero-order valence-electron chi connectivity index (χ0n) is 26.1. The van der Waals surface area contributed by atoms with Crippen LogP contribution in [0.3, 0.4) is 0 Å². The molecule has 4 amide bonds. The second-order valence-corrected chi connectivity index (χ2v) is 11.5. The van der Waals surface area contributed by atoms with Gasteiger partial charge in [0.25, 0.3) is 5.91 Å². The van der Waals surface area contributed by atoms with Gasteiger partial charge in [-0.05, 0) is 44.1 Å². The minimum atomic E-state index is -0.328. The molecule has 0 spiro atoms. The highest BCUT2D eigenvalue weighted by molar-refractivity contribution is 5.97. The fraction of sp³-hybridized carbons (Fsp3) is 0.545. The highest BCUT2D eigenvalue weighted by Gasteiger charge is 2.35. The van der Waals surface area contributed by atoms with Crippen molar-refractivity contribution in [3.8, 4) is 11.5 Å². The van der Waals surface area contributed by atoms with E-state index in [2.05, 4.69) is 24.1 Å². The Kier molecular flexibility index (Phi) is 10.5. The number of amides is 4. The third-order valence-corrected chi connectivity index (χ3v) is 8.95. The summed E-state index contributed by atoms with van der Waals surface area (Å²) in [5.41, 5.74) is 2.37. The van der Waals surface area contributed by atoms with E-state index >= 15 is 0 Å². The number of cyclic esters (lactones) is 1. The zero-order valence-corrected chi connectivity index (χ0v) is 26.1. The summed E-state index contributed by atoms with van der Waals surface area (Å²) in [6, 6.07) is 13.1. The molecule has 44 heavy (non-hydrogen) atoms. The Morgan fingerprint density at radius 2 is 1.68 bits per heavy atom. The first-order valence-electron chi connectivity index (χ1n) is 15.8. The lowest BCUT2D eigenvalue weighted by atomic mass is 10.00. The molecule has 11 heteroatoms. The Bertz CT molecular complexity index is 1300. The van der Waals surface area contributed by atoms with Gasteiger partial charge in [0, 0.05) is 69.8 Å². The van der Waals surface area contributed by atoms with Crippen molar-refractivity contribution in [3.05, 3.63) is 53.6 Å². The third kappa shape index (κ3) is 7.20. The zero-order chi connectivity index (χ0) is 31.1. The third-order valence-electron chi connectivity index (χ3n) is 8.95. The van der Waals surface area contributed by atoms with Crippen molar-refractivity contribution in [1.29, 1.82) is 0 Å². The van der Waals surface area contributed by atoms with E-state index in [1.165, 1.54) is 0 Å². The first-order valence-corrected chi connectivity index (χ1v) is 15.8. The van der Waals surface area contributed by atoms with Crippen molar-refractivity contribution in [2.45, 2.75) is 58.3 Å². The van der Waals surface area contributed by atoms with E-state index in [0.717, 1.165) is 43.7 Å². The van der Waals surface area contributed by atoms with Gasteiger partial charge >= 0.3 is 12.1 Å². The number of anilines is 1. The molecule has 0 aromatic heterocycles. The minimum absolute atomic E-state index is 0.0217. The Morgan fingerprint density at radius 1 is 0.977 bits per heavy atom. The van der Waals surface area contributed by atoms with Crippen LogP contribution in [-0.2, 0) is 11.3 Å². The van der Waals surface area contributed by atoms with Crippen LogP contribution in [0.5, 0.6) is 11.5 Å². The molecule has 0 bridgehead atoms. The number of likely N-dealkylation sites (N-methyl/N-ethyl adjacent to an activating group) is 1. The smallest absolute Gasteiger partial charge is 0.414 e. The molecule has 0 unspecified atom stereocenters. The van der Waals surface area contributed by atoms with Gasteiger partial charge in [-0.1, -0.05) is 32.0 Å². The van der Waals surface area contributed by atoms with E-state index in [9.17, 15) is 14.4 Å². The highest BCUT2D eigenvalue weighted by atomic mass is 16.6. The van der Waals surface area contributed by atoms with Crippen LogP contribution in [0, 0.1) is 0 Å². The summed E-state index contributed by atoms with van der Waals surface area (Å²) in [5, 5.41) is 3.03. The number of hydrogen-bond acceptors (Lipinski definition) is 7. The SMILES string of the molecule is CCN(CC)CCNC(=O)N1CCC(Oc2ccc(C(=O)N3CCC(N4C(=O)OCc5ccccc54)CC3)c(OC)c2)CC1. The second-order valence-electron chi connectivity index (χ2n) is 11.5. The van der Waals surface area contributed by atoms with Crippen LogP contribution in [0.15, 0.2) is 42.5 Å². The van der Waals surface area contributed by atoms with Crippen molar-refractivity contribution in [2.24, 2.45) is 0 Å². The largest absolute Gasteiger partial charge is 0.496 e. The second kappa shape index (κ2) is 14.7. The molecule has 3 aliphatic heterocycles. The van der Waals surface area contributed by atoms with Crippen LogP contribution >= 0.6 is 0 Å². The lowest BCUT2D eigenvalue weighted by molar-refractivity contribution is 0.0705. The molecule has 2 saturated heterocycles. The lowest BCUT2D eigenvalue weighted by Gasteiger charge is -2.40. The molecule has 3 aliphatic rings. The number of piperidine rings is 2. The van der Waals surface area contributed by atoms with Crippen molar-refractivity contribution < 1.29 is 28.6 Å². The monoisotopic (exact) mass is 607 g/mol. The summed E-state index contributed by atoms with van der Waals surface area (Å²) in [4.78, 5) is 46.4. The number of methoxy groups -OCH3 is 1. The van der Waals surface area contributed by atoms with Gasteiger partial charge in [0.1, 0.15) is 24.2 Å². The summed E-state index contributed by atoms with van der Waals surface area (Å²) in [6.07, 6.45) is 2.43. The van der Waals surface area contributed by atoms with E-state index in [1.54, 1.807) is 24.1 Å². The molecule has 0 aliphatic carbocycles. The van der Waals surface area contributed by atoms with Crippen molar-refractivity contribution in [2.75, 3.05) is 64.4 Å². The topological polar surface area (TPSA) is 104 Å². The fourth-order valence-electron chi connectivity index (χ4n) is 6.28. The van der Waals surface area contributed by atoms with Crippen LogP contribution in [0.1, 0.15) is 55.5 Å². The predicted molar refractivity (Wildman–Crippen MR) is 167 cm³/mol. The van der Waals surface area contributed by atoms with E-state index in [-0.39, 0.29) is 36.8 Å². The maximum Gasteiger partial charge on any atom is 0.414 e. The summed E-state index contributed by atoms with van der Waals surface area (Å²) >= 11 is 0. The van der Waals surface area contributed by atoms with Crippen LogP contribution in [0.2, 0.25) is 0 Å². The van der Waals surface area contributed by atoms with Gasteiger partial charge in [0.05, 0.1) is 18.4 Å². The molecule has 1 N–H and O–H groups in total. The number of nitrogens with zero attached hydrogens (tertiary/aromatic N) is 4. The minimum Gasteiger partial charge on any atom is -0.496 e. The van der Waals surface area contributed by atoms with Gasteiger partial charge in [0.2, 0.25) is 0 Å². The van der Waals surface area contributed by atoms with Gasteiger partial charge in [-0.25, -0.2) is 9.59 Å². The van der Waals surface area contributed by atoms with E-state index in [1.807, 2.05) is 40.1 Å². The molecule has 0 atom stereocenters. The number of urea groups is 1. The number of nitrogens with one attached hydrogen (secondary N) is 1. The highest BCUT2D eigenvalue weighted by Crippen LogP contribution is 2.33. The van der Waals surface area contributed by atoms with Gasteiger partial charge in [-0.2, -0.15) is 0 Å². The van der Waals surface area contributed by atoms with Crippen LogP contribution in [0.25, 0.3) is 0 Å². The average Bonchev–Trinajstić information content (AvgIpc) is 3.06. The number of carbonyl (C=O) groups is 3. The molecule has 238 valence electrons. The molecule has 2 aromatic rings. The number of likely N-dealkylation sites (tertiary alicyclic amines) is 2. The average molecular weight is 608 g/mol. The number of para-hydroxylation sites is 1. The first-order chi connectivity index (χ1) is 21.4. The number of carbonyl (C=O) groups excluding carboxylic acids is 3. The molecule has 2 aromatic carbocycles. The normalized spacial score (nSPS) is 17.7. The summed E-state index contributed by atoms with van der Waals surface area (Å²) < 4.78 is 17.3. The Labute approximate surface area is 260 Å². The number of fused-ring (bicyclic) bond motifs is 1. The number of benzene rings is 2. The van der Waals surface area contributed by atoms with E-state index in [4.69, 9.17) is 14.2 Å². The van der Waals surface area contributed by atoms with Gasteiger partial charge in [-0.15, -0.1) is 0 Å². The van der Waals surface area contributed by atoms with Gasteiger partial charge in [-0.3, -0.25) is 9.69 Å². The van der Waals surface area contributed by atoms with Crippen LogP contribution in [-0.4, -0.2) is 104 Å². The van der Waals surface area contributed by atoms with Gasteiger partial charge in [0.15, 0.2) is 0 Å². The maximum atomic E-state index is 13.5. The van der Waals surface area contributed by atoms with Gasteiger partial charge < -0.3 is 34.2 Å². The van der Waals surface area contributed by atoms with Crippen LogP contribution < -0.4 is 19.7 Å². The number of ether oxygens (including phenoxy) is 3. The number of rotatable bonds is 10. The lowest BCUT2D eigenvalue weighted by Crippen LogP contribution is -2.50. The molecular weight excluding hydrogens is 562 g/mol. The molecular formula is C33H45N5O6. The van der Waals surface area contributed by atoms with Crippen LogP contribution in [0.4, 0.5) is 15.3 Å². The van der Waals surface area contributed by atoms with Crippen molar-refractivity contribution in [1.82, 2.24) is 20.0 Å². The Balaban J connectivity index is 1.11. The quantitative estimate of drug-likeness (QED) is 0.428. The summed E-state index contributed by atoms with van der Waals surface area (Å²) in [5.74, 6) is 1.00. The maximum absolute atomic E-state index is 13.5. The molecule has 0 radical (unpaired) electrons. The molecule has 0 saturated carbocycles. The molecule has 2 fully saturated rings. The fourth-order valence-corrected chi connectivity index (χ4v) is 6.28. The summed E-state index contributed by atoms with van der Waals surface area (Å²) in [7, 11) is 1.55. The Hall–Kier alpha value is -3.99. The standard InChI is InChI=1S/C33H45N5O6/c1-4-35(5-2)21-16-34-32(40)37-19-14-26(15-20-37)44-27-10-11-28(30(22-27)42-3)31(39)36-17-12-25(13-18-36)38-29-9-7-6-8-24(29)23-43-33(38)41/h6-11,22,25-26H,4-5,12-21,23H2,1-3H3,(H,34,40). The van der Waals surface area contributed by atoms with Crippen molar-refractivity contribution in [3.63, 3.8) is 0 Å². The molecule has 11 nitrogen and oxygen atoms in total. The van der Waals surface area contributed by atoms with E-state index < -0.39 is 0 Å². The molecule has 5 rings (SSSR count). The summed E-state index contributed by atoms with van der Waals surface area (Å²) in [6.45, 7) is 10.3. The first kappa shape index (κ1) is 31.4. The predicted octanol–water partition coefficient (Wildman–Crippen LogP) is 4.35. The Morgan fingerprint density at radius 3 is 2.39 bits per heavy atom. The van der Waals surface area contributed by atoms with E-state index in [0.29, 0.717) is 62.6 Å². The number of hydrogen-bond donors (Lipinski definition) is 1.